The SMILES string of the molecule is CC(=O)N1CCCNC(=O)[C@@H]2C[C@@H](CN2c2nccn3c(-c4ccc(F)cc4F)ncc23)Oc2cccc(c2)-c2ccccc2CC1. The van der Waals surface area contributed by atoms with Gasteiger partial charge in [-0.3, -0.25) is 14.0 Å². The van der Waals surface area contributed by atoms with Crippen LogP contribution in [-0.4, -0.2) is 69.4 Å². The summed E-state index contributed by atoms with van der Waals surface area (Å²) < 4.78 is 36.6. The van der Waals surface area contributed by atoms with Crippen LogP contribution in [0.5, 0.6) is 5.75 Å². The van der Waals surface area contributed by atoms with Crippen molar-refractivity contribution in [3.63, 3.8) is 0 Å². The quantitative estimate of drug-likeness (QED) is 0.284. The maximum absolute atomic E-state index is 14.8. The molecule has 0 saturated carbocycles. The molecule has 3 aromatic carbocycles. The van der Waals surface area contributed by atoms with Crippen molar-refractivity contribution in [2.75, 3.05) is 31.1 Å². The highest BCUT2D eigenvalue weighted by atomic mass is 19.1. The van der Waals surface area contributed by atoms with Crippen LogP contribution in [0.25, 0.3) is 28.0 Å². The van der Waals surface area contributed by atoms with Crippen LogP contribution in [0.3, 0.4) is 0 Å². The maximum atomic E-state index is 14.8. The molecule has 47 heavy (non-hydrogen) atoms. The van der Waals surface area contributed by atoms with Crippen molar-refractivity contribution < 1.29 is 23.1 Å². The van der Waals surface area contributed by atoms with Gasteiger partial charge in [0.05, 0.1) is 18.3 Å². The van der Waals surface area contributed by atoms with Crippen LogP contribution >= 0.6 is 0 Å². The number of hydrogen-bond acceptors (Lipinski definition) is 6. The lowest BCUT2D eigenvalue weighted by molar-refractivity contribution is -0.128. The first kappa shape index (κ1) is 30.3. The van der Waals surface area contributed by atoms with E-state index in [1.54, 1.807) is 29.9 Å². The van der Waals surface area contributed by atoms with Crippen LogP contribution in [0, 0.1) is 11.6 Å². The molecular formula is C36H34F2N6O3. The standard InChI is InChI=1S/C36H34F2N6O3/c1-23(45)42-15-5-13-40-36(46)32-20-28(47-27-8-4-7-25(18-27)29-9-3-2-6-24(29)12-16-42)22-44(32)35-33-21-41-34(43(33)17-14-39-35)30-11-10-26(37)19-31(30)38/h2-4,6-11,14,17-19,21,28,32H,5,12-13,15-16,20,22H2,1H3,(H,40,46)/t28-,32-/m0/s1. The molecule has 2 aliphatic heterocycles. The van der Waals surface area contributed by atoms with Crippen molar-refractivity contribution in [3.05, 3.63) is 103 Å². The van der Waals surface area contributed by atoms with E-state index in [0.717, 1.165) is 22.8 Å². The summed E-state index contributed by atoms with van der Waals surface area (Å²) in [6, 6.07) is 18.9. The average molecular weight is 637 g/mol. The molecule has 4 bridgehead atoms. The van der Waals surface area contributed by atoms with E-state index in [9.17, 15) is 18.4 Å². The van der Waals surface area contributed by atoms with Crippen LogP contribution in [0.2, 0.25) is 0 Å². The lowest BCUT2D eigenvalue weighted by atomic mass is 9.97. The van der Waals surface area contributed by atoms with E-state index in [1.165, 1.54) is 12.1 Å². The van der Waals surface area contributed by atoms with E-state index in [-0.39, 0.29) is 23.5 Å². The monoisotopic (exact) mass is 636 g/mol. The van der Waals surface area contributed by atoms with E-state index in [0.29, 0.717) is 68.3 Å². The summed E-state index contributed by atoms with van der Waals surface area (Å²) in [6.45, 7) is 3.43. The minimum atomic E-state index is -0.726. The molecule has 0 radical (unpaired) electrons. The number of anilines is 1. The molecule has 2 aliphatic rings. The molecule has 1 fully saturated rings. The molecule has 0 unspecified atom stereocenters. The molecule has 0 aliphatic carbocycles. The minimum Gasteiger partial charge on any atom is -0.488 e. The third-order valence-corrected chi connectivity index (χ3v) is 8.91. The summed E-state index contributed by atoms with van der Waals surface area (Å²) in [5, 5.41) is 3.07. The van der Waals surface area contributed by atoms with Gasteiger partial charge in [0, 0.05) is 51.4 Å². The van der Waals surface area contributed by atoms with Crippen molar-refractivity contribution in [2.24, 2.45) is 0 Å². The average Bonchev–Trinajstić information content (AvgIpc) is 3.69. The Bertz CT molecular complexity index is 1960. The first-order valence-corrected chi connectivity index (χ1v) is 15.8. The second-order valence-corrected chi connectivity index (χ2v) is 11.9. The number of ether oxygens (including phenoxy) is 1. The fourth-order valence-electron chi connectivity index (χ4n) is 6.60. The van der Waals surface area contributed by atoms with Crippen LogP contribution in [0.1, 0.15) is 25.3 Å². The fraction of sp³-hybridized carbons (Fsp3) is 0.278. The Morgan fingerprint density at radius 2 is 1.87 bits per heavy atom. The van der Waals surface area contributed by atoms with Crippen LogP contribution < -0.4 is 15.0 Å². The van der Waals surface area contributed by atoms with E-state index in [1.807, 2.05) is 46.2 Å². The second-order valence-electron chi connectivity index (χ2n) is 11.9. The number of amides is 2. The Morgan fingerprint density at radius 3 is 2.72 bits per heavy atom. The van der Waals surface area contributed by atoms with Gasteiger partial charge in [0.15, 0.2) is 5.82 Å². The van der Waals surface area contributed by atoms with Gasteiger partial charge in [0.25, 0.3) is 0 Å². The first-order chi connectivity index (χ1) is 22.9. The Hall–Kier alpha value is -5.32. The van der Waals surface area contributed by atoms with E-state index in [2.05, 4.69) is 27.4 Å². The van der Waals surface area contributed by atoms with E-state index < -0.39 is 17.7 Å². The molecule has 11 heteroatoms. The van der Waals surface area contributed by atoms with Gasteiger partial charge in [-0.2, -0.15) is 0 Å². The number of carbonyl (C=O) groups is 2. The Labute approximate surface area is 270 Å². The normalized spacial score (nSPS) is 18.7. The van der Waals surface area contributed by atoms with Crippen LogP contribution in [-0.2, 0) is 16.0 Å². The Kier molecular flexibility index (Phi) is 8.28. The predicted octanol–water partition coefficient (Wildman–Crippen LogP) is 5.28. The van der Waals surface area contributed by atoms with Crippen LogP contribution in [0.4, 0.5) is 14.6 Å². The Balaban J connectivity index is 1.25. The van der Waals surface area contributed by atoms with Gasteiger partial charge in [-0.1, -0.05) is 36.4 Å². The number of nitrogens with zero attached hydrogens (tertiary/aromatic N) is 5. The van der Waals surface area contributed by atoms with Crippen molar-refractivity contribution in [3.8, 4) is 28.3 Å². The summed E-state index contributed by atoms with van der Waals surface area (Å²) in [5.74, 6) is -0.107. The zero-order chi connectivity index (χ0) is 32.5. The molecule has 4 heterocycles. The third-order valence-electron chi connectivity index (χ3n) is 8.91. The highest BCUT2D eigenvalue weighted by Gasteiger charge is 2.40. The van der Waals surface area contributed by atoms with Crippen LogP contribution in [0.15, 0.2) is 85.3 Å². The minimum absolute atomic E-state index is 0.00760. The number of carbonyl (C=O) groups excluding carboxylic acids is 2. The second kappa shape index (κ2) is 12.8. The molecule has 1 N–H and O–H groups in total. The number of rotatable bonds is 2. The number of nitrogens with one attached hydrogen (secondary N) is 1. The van der Waals surface area contributed by atoms with Gasteiger partial charge in [0.1, 0.15) is 40.9 Å². The van der Waals surface area contributed by atoms with Crippen molar-refractivity contribution >= 4 is 23.1 Å². The number of halogens is 2. The third kappa shape index (κ3) is 6.13. The highest BCUT2D eigenvalue weighted by molar-refractivity contribution is 5.88. The molecule has 240 valence electrons. The van der Waals surface area contributed by atoms with Gasteiger partial charge < -0.3 is 19.9 Å². The highest BCUT2D eigenvalue weighted by Crippen LogP contribution is 2.34. The zero-order valence-electron chi connectivity index (χ0n) is 25.9. The van der Waals surface area contributed by atoms with Gasteiger partial charge in [-0.05, 0) is 53.8 Å². The molecule has 7 rings (SSSR count). The number of hydrogen-bond donors (Lipinski definition) is 1. The van der Waals surface area contributed by atoms with Crippen molar-refractivity contribution in [1.29, 1.82) is 0 Å². The smallest absolute Gasteiger partial charge is 0.242 e. The van der Waals surface area contributed by atoms with Gasteiger partial charge in [-0.15, -0.1) is 0 Å². The van der Waals surface area contributed by atoms with Gasteiger partial charge in [0.2, 0.25) is 11.8 Å². The molecule has 2 aromatic heterocycles. The predicted molar refractivity (Wildman–Crippen MR) is 174 cm³/mol. The fourth-order valence-corrected chi connectivity index (χ4v) is 6.60. The lowest BCUT2D eigenvalue weighted by Gasteiger charge is -2.26. The molecular weight excluding hydrogens is 602 g/mol. The summed E-state index contributed by atoms with van der Waals surface area (Å²) >= 11 is 0. The maximum Gasteiger partial charge on any atom is 0.242 e. The molecule has 2 atom stereocenters. The van der Waals surface area contributed by atoms with E-state index >= 15 is 0 Å². The summed E-state index contributed by atoms with van der Waals surface area (Å²) in [5.41, 5.74) is 3.95. The largest absolute Gasteiger partial charge is 0.488 e. The zero-order valence-corrected chi connectivity index (χ0v) is 25.9. The summed E-state index contributed by atoms with van der Waals surface area (Å²) in [4.78, 5) is 39.1. The van der Waals surface area contributed by atoms with Gasteiger partial charge >= 0.3 is 0 Å². The summed E-state index contributed by atoms with van der Waals surface area (Å²) in [7, 11) is 0. The number of fused-ring (bicyclic) bond motifs is 7. The molecule has 2 amide bonds. The lowest BCUT2D eigenvalue weighted by Crippen LogP contribution is -2.44. The topological polar surface area (TPSA) is 92.1 Å². The molecule has 9 nitrogen and oxygen atoms in total. The molecule has 5 aromatic rings. The molecule has 0 spiro atoms. The van der Waals surface area contributed by atoms with Gasteiger partial charge in [-0.25, -0.2) is 18.7 Å². The Morgan fingerprint density at radius 1 is 1.00 bits per heavy atom. The number of imidazole rings is 1. The van der Waals surface area contributed by atoms with E-state index in [4.69, 9.17) is 4.74 Å². The first-order valence-electron chi connectivity index (χ1n) is 15.8. The summed E-state index contributed by atoms with van der Waals surface area (Å²) in [6.07, 6.45) is 6.20. The molecule has 1 saturated heterocycles. The van der Waals surface area contributed by atoms with Crippen molar-refractivity contribution in [2.45, 2.75) is 38.3 Å². The number of benzene rings is 3. The number of aromatic nitrogens is 3. The van der Waals surface area contributed by atoms with Crippen molar-refractivity contribution in [1.82, 2.24) is 24.6 Å².